The highest BCUT2D eigenvalue weighted by Gasteiger charge is 2.15. The van der Waals surface area contributed by atoms with Crippen molar-refractivity contribution in [3.63, 3.8) is 0 Å². The van der Waals surface area contributed by atoms with Gasteiger partial charge in [-0.2, -0.15) is 4.98 Å². The number of furan rings is 1. The van der Waals surface area contributed by atoms with Gasteiger partial charge >= 0.3 is 0 Å². The summed E-state index contributed by atoms with van der Waals surface area (Å²) in [6, 6.07) is 1.52. The van der Waals surface area contributed by atoms with Gasteiger partial charge in [-0.1, -0.05) is 19.0 Å². The Bertz CT molecular complexity index is 577. The summed E-state index contributed by atoms with van der Waals surface area (Å²) in [6.07, 6.45) is 4.40. The Labute approximate surface area is 128 Å². The van der Waals surface area contributed by atoms with E-state index < -0.39 is 0 Å². The first-order valence-corrected chi connectivity index (χ1v) is 7.34. The molecule has 2 aromatic heterocycles. The summed E-state index contributed by atoms with van der Waals surface area (Å²) in [6.45, 7) is 4.03. The van der Waals surface area contributed by atoms with E-state index in [-0.39, 0.29) is 25.0 Å². The van der Waals surface area contributed by atoms with Crippen LogP contribution in [0.5, 0.6) is 0 Å². The van der Waals surface area contributed by atoms with Crippen LogP contribution < -0.4 is 5.32 Å². The summed E-state index contributed by atoms with van der Waals surface area (Å²) >= 11 is 0. The molecule has 22 heavy (non-hydrogen) atoms. The van der Waals surface area contributed by atoms with Crippen LogP contribution in [0, 0.1) is 5.92 Å². The largest absolute Gasteiger partial charge is 0.472 e. The Morgan fingerprint density at radius 1 is 1.45 bits per heavy atom. The van der Waals surface area contributed by atoms with Crippen LogP contribution in [0.25, 0.3) is 11.4 Å². The van der Waals surface area contributed by atoms with Gasteiger partial charge in [0.1, 0.15) is 6.26 Å². The lowest BCUT2D eigenvalue weighted by Gasteiger charge is -2.17. The molecule has 0 saturated carbocycles. The summed E-state index contributed by atoms with van der Waals surface area (Å²) < 4.78 is 10.1. The van der Waals surface area contributed by atoms with Crippen molar-refractivity contribution in [2.24, 2.45) is 5.92 Å². The van der Waals surface area contributed by atoms with Crippen LogP contribution in [0.3, 0.4) is 0 Å². The average molecular weight is 307 g/mol. The van der Waals surface area contributed by atoms with Crippen LogP contribution in [-0.2, 0) is 11.2 Å². The fourth-order valence-corrected chi connectivity index (χ4v) is 2.13. The third-order valence-corrected chi connectivity index (χ3v) is 3.15. The number of aliphatic hydroxyl groups is 1. The standard InChI is InChI=1S/C15H21N3O4/c1-10(2)7-12(8-19)16-13(20)3-4-14-17-15(18-22-14)11-5-6-21-9-11/h5-6,9-10,12,19H,3-4,7-8H2,1-2H3,(H,16,20). The Morgan fingerprint density at radius 2 is 2.27 bits per heavy atom. The van der Waals surface area contributed by atoms with Crippen molar-refractivity contribution in [3.8, 4) is 11.4 Å². The first-order valence-electron chi connectivity index (χ1n) is 7.34. The van der Waals surface area contributed by atoms with Crippen molar-refractivity contribution < 1.29 is 18.8 Å². The van der Waals surface area contributed by atoms with Gasteiger partial charge in [0.15, 0.2) is 0 Å². The fourth-order valence-electron chi connectivity index (χ4n) is 2.13. The smallest absolute Gasteiger partial charge is 0.227 e. The van der Waals surface area contributed by atoms with Crippen LogP contribution in [0.15, 0.2) is 27.5 Å². The fraction of sp³-hybridized carbons (Fsp3) is 0.533. The van der Waals surface area contributed by atoms with E-state index >= 15 is 0 Å². The van der Waals surface area contributed by atoms with E-state index in [1.165, 1.54) is 12.5 Å². The number of hydrogen-bond donors (Lipinski definition) is 2. The average Bonchev–Trinajstić information content (AvgIpc) is 3.14. The lowest BCUT2D eigenvalue weighted by atomic mass is 10.0. The molecule has 1 amide bonds. The first kappa shape index (κ1) is 16.2. The first-order chi connectivity index (χ1) is 10.6. The Hall–Kier alpha value is -2.15. The molecule has 0 spiro atoms. The summed E-state index contributed by atoms with van der Waals surface area (Å²) in [5.74, 6) is 1.11. The molecule has 2 aromatic rings. The van der Waals surface area contributed by atoms with E-state index in [2.05, 4.69) is 15.5 Å². The maximum atomic E-state index is 11.9. The van der Waals surface area contributed by atoms with Gasteiger partial charge in [0, 0.05) is 12.8 Å². The van der Waals surface area contributed by atoms with Crippen LogP contribution in [0.2, 0.25) is 0 Å². The van der Waals surface area contributed by atoms with Crippen molar-refractivity contribution >= 4 is 5.91 Å². The highest BCUT2D eigenvalue weighted by Crippen LogP contribution is 2.16. The third kappa shape index (κ3) is 4.70. The number of rotatable bonds is 8. The number of hydrogen-bond acceptors (Lipinski definition) is 6. The van der Waals surface area contributed by atoms with Crippen molar-refractivity contribution in [1.29, 1.82) is 0 Å². The van der Waals surface area contributed by atoms with Gasteiger partial charge in [-0.25, -0.2) is 0 Å². The second kappa shape index (κ2) is 7.74. The van der Waals surface area contributed by atoms with Gasteiger partial charge < -0.3 is 19.4 Å². The Morgan fingerprint density at radius 3 is 2.91 bits per heavy atom. The molecule has 0 aliphatic carbocycles. The number of amides is 1. The third-order valence-electron chi connectivity index (χ3n) is 3.15. The molecular formula is C15H21N3O4. The minimum absolute atomic E-state index is 0.0604. The molecule has 0 bridgehead atoms. The van der Waals surface area contributed by atoms with E-state index in [0.29, 0.717) is 24.1 Å². The molecule has 7 nitrogen and oxygen atoms in total. The predicted molar refractivity (Wildman–Crippen MR) is 78.8 cm³/mol. The number of carbonyl (C=O) groups is 1. The number of aryl methyl sites for hydroxylation is 1. The van der Waals surface area contributed by atoms with E-state index in [4.69, 9.17) is 8.94 Å². The summed E-state index contributed by atoms with van der Waals surface area (Å²) in [5, 5.41) is 15.9. The quantitative estimate of drug-likeness (QED) is 0.771. The normalized spacial score (nSPS) is 12.5. The van der Waals surface area contributed by atoms with Gasteiger partial charge in [0.25, 0.3) is 0 Å². The Kier molecular flexibility index (Phi) is 5.71. The molecular weight excluding hydrogens is 286 g/mol. The van der Waals surface area contributed by atoms with E-state index in [9.17, 15) is 9.90 Å². The maximum Gasteiger partial charge on any atom is 0.227 e. The molecule has 2 heterocycles. The minimum atomic E-state index is -0.211. The molecule has 120 valence electrons. The summed E-state index contributed by atoms with van der Waals surface area (Å²) in [5.41, 5.74) is 0.733. The van der Waals surface area contributed by atoms with Gasteiger partial charge in [-0.15, -0.1) is 0 Å². The topological polar surface area (TPSA) is 101 Å². The molecule has 0 aliphatic rings. The molecule has 1 unspecified atom stereocenters. The molecule has 0 aliphatic heterocycles. The van der Waals surface area contributed by atoms with Gasteiger partial charge in [0.2, 0.25) is 17.6 Å². The molecule has 1 atom stereocenters. The zero-order valence-electron chi connectivity index (χ0n) is 12.8. The van der Waals surface area contributed by atoms with Crippen LogP contribution in [0.1, 0.15) is 32.6 Å². The highest BCUT2D eigenvalue weighted by atomic mass is 16.5. The number of aromatic nitrogens is 2. The van der Waals surface area contributed by atoms with Gasteiger partial charge in [-0.05, 0) is 18.4 Å². The van der Waals surface area contributed by atoms with E-state index in [0.717, 1.165) is 12.0 Å². The number of carbonyl (C=O) groups excluding carboxylic acids is 1. The molecule has 2 N–H and O–H groups in total. The lowest BCUT2D eigenvalue weighted by molar-refractivity contribution is -0.122. The second-order valence-electron chi connectivity index (χ2n) is 5.60. The predicted octanol–water partition coefficient (Wildman–Crippen LogP) is 1.79. The van der Waals surface area contributed by atoms with Crippen molar-refractivity contribution in [3.05, 3.63) is 24.5 Å². The van der Waals surface area contributed by atoms with Crippen LogP contribution in [-0.4, -0.2) is 33.8 Å². The molecule has 7 heteroatoms. The Balaban J connectivity index is 1.81. The zero-order chi connectivity index (χ0) is 15.9. The van der Waals surface area contributed by atoms with E-state index in [1.54, 1.807) is 6.07 Å². The second-order valence-corrected chi connectivity index (χ2v) is 5.60. The maximum absolute atomic E-state index is 11.9. The van der Waals surface area contributed by atoms with E-state index in [1.807, 2.05) is 13.8 Å². The number of nitrogens with zero attached hydrogens (tertiary/aromatic N) is 2. The SMILES string of the molecule is CC(C)CC(CO)NC(=O)CCc1nc(-c2ccoc2)no1. The van der Waals surface area contributed by atoms with Crippen LogP contribution >= 0.6 is 0 Å². The van der Waals surface area contributed by atoms with Gasteiger partial charge in [-0.3, -0.25) is 4.79 Å². The van der Waals surface area contributed by atoms with Crippen LogP contribution in [0.4, 0.5) is 0 Å². The molecule has 0 saturated heterocycles. The number of aliphatic hydroxyl groups excluding tert-OH is 1. The monoisotopic (exact) mass is 307 g/mol. The number of nitrogens with one attached hydrogen (secondary N) is 1. The molecule has 0 aromatic carbocycles. The van der Waals surface area contributed by atoms with Crippen molar-refractivity contribution in [1.82, 2.24) is 15.5 Å². The molecule has 0 fully saturated rings. The van der Waals surface area contributed by atoms with Crippen molar-refractivity contribution in [2.75, 3.05) is 6.61 Å². The minimum Gasteiger partial charge on any atom is -0.472 e. The summed E-state index contributed by atoms with van der Waals surface area (Å²) in [7, 11) is 0. The zero-order valence-corrected chi connectivity index (χ0v) is 12.8. The van der Waals surface area contributed by atoms with Crippen molar-refractivity contribution in [2.45, 2.75) is 39.2 Å². The highest BCUT2D eigenvalue weighted by molar-refractivity contribution is 5.76. The van der Waals surface area contributed by atoms with Gasteiger partial charge in [0.05, 0.1) is 24.5 Å². The molecule has 0 radical (unpaired) electrons. The molecule has 2 rings (SSSR count). The lowest BCUT2D eigenvalue weighted by Crippen LogP contribution is -2.38. The summed E-state index contributed by atoms with van der Waals surface area (Å²) in [4.78, 5) is 16.1.